The molecule has 9 heteroatoms. The third kappa shape index (κ3) is 5.44. The lowest BCUT2D eigenvalue weighted by Crippen LogP contribution is -2.47. The number of hydrogen-bond acceptors (Lipinski definition) is 4. The summed E-state index contributed by atoms with van der Waals surface area (Å²) >= 11 is 0.966. The molecule has 0 saturated carbocycles. The Kier molecular flexibility index (Phi) is 6.89. The van der Waals surface area contributed by atoms with Gasteiger partial charge in [0.15, 0.2) is 5.69 Å². The lowest BCUT2D eigenvalue weighted by Gasteiger charge is -2.22. The summed E-state index contributed by atoms with van der Waals surface area (Å²) in [4.78, 5) is 15.3. The minimum atomic E-state index is -4.40. The molecule has 0 bridgehead atoms. The van der Waals surface area contributed by atoms with Crippen molar-refractivity contribution in [3.05, 3.63) is 16.1 Å². The topological polar surface area (TPSA) is 54.0 Å². The minimum absolute atomic E-state index is 0. The summed E-state index contributed by atoms with van der Waals surface area (Å²) in [6.07, 6.45) is -1.18. The Balaban J connectivity index is 0.00000220. The molecular formula is C12H17ClF3N3OS. The van der Waals surface area contributed by atoms with E-state index in [4.69, 9.17) is 0 Å². The van der Waals surface area contributed by atoms with Crippen LogP contribution in [0.5, 0.6) is 0 Å². The van der Waals surface area contributed by atoms with Gasteiger partial charge in [0.2, 0.25) is 5.91 Å². The molecule has 1 aliphatic rings. The number of carbonyl (C=O) groups excluding carboxylic acids is 1. The van der Waals surface area contributed by atoms with Gasteiger partial charge in [-0.25, -0.2) is 4.98 Å². The molecule has 1 saturated heterocycles. The van der Waals surface area contributed by atoms with E-state index in [0.29, 0.717) is 18.0 Å². The molecule has 1 atom stereocenters. The highest BCUT2D eigenvalue weighted by atomic mass is 35.5. The van der Waals surface area contributed by atoms with E-state index >= 15 is 0 Å². The van der Waals surface area contributed by atoms with Crippen molar-refractivity contribution >= 4 is 29.7 Å². The van der Waals surface area contributed by atoms with Gasteiger partial charge in [-0.05, 0) is 19.4 Å². The molecule has 2 heterocycles. The molecule has 1 amide bonds. The zero-order valence-corrected chi connectivity index (χ0v) is 12.8. The van der Waals surface area contributed by atoms with Gasteiger partial charge in [0.1, 0.15) is 0 Å². The molecule has 1 aromatic heterocycles. The average molecular weight is 344 g/mol. The molecule has 2 N–H and O–H groups in total. The van der Waals surface area contributed by atoms with Crippen LogP contribution in [0.15, 0.2) is 5.38 Å². The second-order valence-corrected chi connectivity index (χ2v) is 5.61. The Hall–Kier alpha value is -0.860. The Labute approximate surface area is 130 Å². The average Bonchev–Trinajstić information content (AvgIpc) is 2.88. The quantitative estimate of drug-likeness (QED) is 0.882. The van der Waals surface area contributed by atoms with Crippen LogP contribution in [0.2, 0.25) is 0 Å². The number of nitrogens with zero attached hydrogens (tertiary/aromatic N) is 1. The van der Waals surface area contributed by atoms with Crippen molar-refractivity contribution < 1.29 is 18.0 Å². The molecule has 0 aromatic carbocycles. The lowest BCUT2D eigenvalue weighted by atomic mass is 10.0. The number of halogens is 4. The first-order valence-electron chi connectivity index (χ1n) is 6.49. The first-order chi connectivity index (χ1) is 9.47. The van der Waals surface area contributed by atoms with Crippen molar-refractivity contribution in [1.82, 2.24) is 15.6 Å². The third-order valence-corrected chi connectivity index (χ3v) is 4.02. The van der Waals surface area contributed by atoms with Crippen molar-refractivity contribution in [3.63, 3.8) is 0 Å². The van der Waals surface area contributed by atoms with Crippen LogP contribution in [0.4, 0.5) is 13.2 Å². The molecule has 1 aliphatic heterocycles. The molecule has 4 nitrogen and oxygen atoms in total. The van der Waals surface area contributed by atoms with E-state index in [1.165, 1.54) is 0 Å². The van der Waals surface area contributed by atoms with Crippen molar-refractivity contribution in [3.8, 4) is 0 Å². The monoisotopic (exact) mass is 343 g/mol. The first-order valence-corrected chi connectivity index (χ1v) is 7.37. The van der Waals surface area contributed by atoms with Gasteiger partial charge in [0.05, 0.1) is 11.0 Å². The van der Waals surface area contributed by atoms with Crippen molar-refractivity contribution in [1.29, 1.82) is 0 Å². The number of aromatic nitrogens is 1. The molecule has 2 rings (SSSR count). The highest BCUT2D eigenvalue weighted by molar-refractivity contribution is 7.09. The second-order valence-electron chi connectivity index (χ2n) is 4.67. The van der Waals surface area contributed by atoms with E-state index in [0.717, 1.165) is 42.5 Å². The van der Waals surface area contributed by atoms with Crippen LogP contribution in [-0.2, 0) is 17.4 Å². The largest absolute Gasteiger partial charge is 0.434 e. The van der Waals surface area contributed by atoms with Gasteiger partial charge in [0.25, 0.3) is 0 Å². The molecular weight excluding hydrogens is 327 g/mol. The fraction of sp³-hybridized carbons (Fsp3) is 0.667. The third-order valence-electron chi connectivity index (χ3n) is 3.11. The summed E-state index contributed by atoms with van der Waals surface area (Å²) in [7, 11) is 0. The highest BCUT2D eigenvalue weighted by Crippen LogP contribution is 2.29. The van der Waals surface area contributed by atoms with Gasteiger partial charge in [-0.3, -0.25) is 4.79 Å². The highest BCUT2D eigenvalue weighted by Gasteiger charge is 2.33. The zero-order chi connectivity index (χ0) is 14.6. The van der Waals surface area contributed by atoms with Crippen LogP contribution < -0.4 is 10.6 Å². The lowest BCUT2D eigenvalue weighted by molar-refractivity contribution is -0.140. The molecule has 1 unspecified atom stereocenters. The fourth-order valence-corrected chi connectivity index (χ4v) is 2.85. The van der Waals surface area contributed by atoms with Crippen LogP contribution in [0, 0.1) is 0 Å². The van der Waals surface area contributed by atoms with Crippen molar-refractivity contribution in [2.45, 2.75) is 37.9 Å². The SMILES string of the molecule is Cl.O=C(NCCc1nc(C(F)(F)F)cs1)C1CCCCN1. The van der Waals surface area contributed by atoms with E-state index in [9.17, 15) is 18.0 Å². The van der Waals surface area contributed by atoms with Crippen LogP contribution >= 0.6 is 23.7 Å². The summed E-state index contributed by atoms with van der Waals surface area (Å²) in [6.45, 7) is 1.14. The van der Waals surface area contributed by atoms with Gasteiger partial charge < -0.3 is 10.6 Å². The number of alkyl halides is 3. The summed E-state index contributed by atoms with van der Waals surface area (Å²) in [6, 6.07) is -0.175. The maximum atomic E-state index is 12.4. The predicted octanol–water partition coefficient (Wildman–Crippen LogP) is 2.38. The predicted molar refractivity (Wildman–Crippen MR) is 76.7 cm³/mol. The van der Waals surface area contributed by atoms with Crippen LogP contribution in [0.3, 0.4) is 0 Å². The summed E-state index contributed by atoms with van der Waals surface area (Å²) in [5.74, 6) is -0.0858. The number of carbonyl (C=O) groups is 1. The Bertz CT molecular complexity index is 461. The Morgan fingerprint density at radius 3 is 2.81 bits per heavy atom. The summed E-state index contributed by atoms with van der Waals surface area (Å²) < 4.78 is 37.1. The van der Waals surface area contributed by atoms with E-state index in [-0.39, 0.29) is 24.4 Å². The second kappa shape index (κ2) is 7.95. The van der Waals surface area contributed by atoms with Gasteiger partial charge in [-0.2, -0.15) is 13.2 Å². The van der Waals surface area contributed by atoms with Crippen molar-refractivity contribution in [2.24, 2.45) is 0 Å². The van der Waals surface area contributed by atoms with Crippen molar-refractivity contribution in [2.75, 3.05) is 13.1 Å². The number of amides is 1. The number of piperidine rings is 1. The smallest absolute Gasteiger partial charge is 0.354 e. The number of thiazole rings is 1. The maximum absolute atomic E-state index is 12.4. The standard InChI is InChI=1S/C12H16F3N3OS.ClH/c13-12(14,15)9-7-20-10(18-9)4-6-17-11(19)8-3-1-2-5-16-8;/h7-8,16H,1-6H2,(H,17,19);1H. The van der Waals surface area contributed by atoms with Crippen LogP contribution in [0.1, 0.15) is 30.0 Å². The van der Waals surface area contributed by atoms with Crippen LogP contribution in [0.25, 0.3) is 0 Å². The van der Waals surface area contributed by atoms with Gasteiger partial charge in [-0.1, -0.05) is 6.42 Å². The fourth-order valence-electron chi connectivity index (χ4n) is 2.05. The number of nitrogens with one attached hydrogen (secondary N) is 2. The van der Waals surface area contributed by atoms with Gasteiger partial charge in [0, 0.05) is 18.3 Å². The summed E-state index contributed by atoms with van der Waals surface area (Å²) in [5.41, 5.74) is -0.863. The van der Waals surface area contributed by atoms with Gasteiger partial charge in [-0.15, -0.1) is 23.7 Å². The molecule has 0 aliphatic carbocycles. The van der Waals surface area contributed by atoms with E-state index < -0.39 is 11.9 Å². The van der Waals surface area contributed by atoms with Gasteiger partial charge >= 0.3 is 6.18 Å². The minimum Gasteiger partial charge on any atom is -0.354 e. The van der Waals surface area contributed by atoms with Crippen LogP contribution in [-0.4, -0.2) is 30.0 Å². The van der Waals surface area contributed by atoms with E-state index in [2.05, 4.69) is 15.6 Å². The summed E-state index contributed by atoms with van der Waals surface area (Å²) in [5, 5.41) is 7.23. The normalized spacial score (nSPS) is 18.9. The first kappa shape index (κ1) is 18.2. The molecule has 1 aromatic rings. The molecule has 0 radical (unpaired) electrons. The maximum Gasteiger partial charge on any atom is 0.434 e. The van der Waals surface area contributed by atoms with E-state index in [1.807, 2.05) is 0 Å². The molecule has 21 heavy (non-hydrogen) atoms. The zero-order valence-electron chi connectivity index (χ0n) is 11.2. The number of rotatable bonds is 4. The molecule has 0 spiro atoms. The molecule has 1 fully saturated rings. The molecule has 120 valence electrons. The Morgan fingerprint density at radius 2 is 2.24 bits per heavy atom. The number of hydrogen-bond donors (Lipinski definition) is 2. The van der Waals surface area contributed by atoms with E-state index in [1.54, 1.807) is 0 Å². The Morgan fingerprint density at radius 1 is 1.48 bits per heavy atom.